The Hall–Kier alpha value is -2.68. The Labute approximate surface area is 139 Å². The smallest absolute Gasteiger partial charge is 0.270 e. The molecule has 0 saturated carbocycles. The largest absolute Gasteiger partial charge is 0.378 e. The highest BCUT2D eigenvalue weighted by Crippen LogP contribution is 2.26. The van der Waals surface area contributed by atoms with E-state index in [4.69, 9.17) is 4.74 Å². The first kappa shape index (κ1) is 17.7. The lowest BCUT2D eigenvalue weighted by atomic mass is 10.1. The minimum Gasteiger partial charge on any atom is -0.378 e. The fraction of sp³-hybridized carbons (Fsp3) is 0.467. The molecule has 0 radical (unpaired) electrons. The van der Waals surface area contributed by atoms with Gasteiger partial charge in [-0.2, -0.15) is 0 Å². The number of non-ortho nitro benzene ring substituents is 1. The number of anilines is 1. The molecule has 0 atom stereocenters. The molecule has 2 amide bonds. The Kier molecular flexibility index (Phi) is 6.07. The molecule has 130 valence electrons. The van der Waals surface area contributed by atoms with E-state index in [1.54, 1.807) is 13.0 Å². The third-order valence-electron chi connectivity index (χ3n) is 3.57. The van der Waals surface area contributed by atoms with Gasteiger partial charge in [-0.1, -0.05) is 0 Å². The van der Waals surface area contributed by atoms with Crippen molar-refractivity contribution in [3.05, 3.63) is 33.9 Å². The SMILES string of the molecule is CCNC(=O)CNC(=O)c1cc([N+](=O)[O-])ccc1N1CCOCC1. The minimum atomic E-state index is -0.552. The van der Waals surface area contributed by atoms with Gasteiger partial charge in [0.25, 0.3) is 11.6 Å². The standard InChI is InChI=1S/C15H20N4O5/c1-2-16-14(20)10-17-15(21)12-9-11(19(22)23)3-4-13(12)18-5-7-24-8-6-18/h3-4,9H,2,5-8,10H2,1H3,(H,16,20)(H,17,21). The molecule has 2 N–H and O–H groups in total. The van der Waals surface area contributed by atoms with Crippen LogP contribution < -0.4 is 15.5 Å². The van der Waals surface area contributed by atoms with Crippen LogP contribution in [-0.4, -0.2) is 56.1 Å². The number of carbonyl (C=O) groups excluding carboxylic acids is 2. The molecule has 1 aliphatic heterocycles. The predicted octanol–water partition coefficient (Wildman–Crippen LogP) is 0.297. The number of nitro benzene ring substituents is 1. The molecular weight excluding hydrogens is 316 g/mol. The van der Waals surface area contributed by atoms with Crippen LogP contribution in [0, 0.1) is 10.1 Å². The molecule has 2 rings (SSSR count). The number of benzene rings is 1. The van der Waals surface area contributed by atoms with Crippen molar-refractivity contribution in [1.82, 2.24) is 10.6 Å². The van der Waals surface area contributed by atoms with E-state index in [0.717, 1.165) is 0 Å². The lowest BCUT2D eigenvalue weighted by Crippen LogP contribution is -2.39. The molecule has 1 aliphatic rings. The molecule has 1 aromatic carbocycles. The highest BCUT2D eigenvalue weighted by atomic mass is 16.6. The number of nitrogens with zero attached hydrogens (tertiary/aromatic N) is 2. The zero-order valence-corrected chi connectivity index (χ0v) is 13.4. The molecule has 1 fully saturated rings. The van der Waals surface area contributed by atoms with Crippen molar-refractivity contribution in [3.63, 3.8) is 0 Å². The van der Waals surface area contributed by atoms with Gasteiger partial charge in [0.05, 0.1) is 35.9 Å². The van der Waals surface area contributed by atoms with Crippen LogP contribution in [0.25, 0.3) is 0 Å². The first-order valence-electron chi connectivity index (χ1n) is 7.69. The van der Waals surface area contributed by atoms with Gasteiger partial charge in [-0.15, -0.1) is 0 Å². The molecule has 0 spiro atoms. The van der Waals surface area contributed by atoms with E-state index >= 15 is 0 Å². The Balaban J connectivity index is 2.22. The van der Waals surface area contributed by atoms with Crippen molar-refractivity contribution in [3.8, 4) is 0 Å². The Bertz CT molecular complexity index is 628. The average Bonchev–Trinajstić information content (AvgIpc) is 2.60. The summed E-state index contributed by atoms with van der Waals surface area (Å²) < 4.78 is 5.29. The van der Waals surface area contributed by atoms with Crippen LogP contribution in [0.1, 0.15) is 17.3 Å². The van der Waals surface area contributed by atoms with E-state index in [1.807, 2.05) is 4.90 Å². The fourth-order valence-corrected chi connectivity index (χ4v) is 2.41. The zero-order valence-electron chi connectivity index (χ0n) is 13.4. The number of hydrogen-bond acceptors (Lipinski definition) is 6. The van der Waals surface area contributed by atoms with Crippen LogP contribution in [0.4, 0.5) is 11.4 Å². The van der Waals surface area contributed by atoms with Gasteiger partial charge in [-0.3, -0.25) is 19.7 Å². The Morgan fingerprint density at radius 3 is 2.62 bits per heavy atom. The fourth-order valence-electron chi connectivity index (χ4n) is 2.41. The van der Waals surface area contributed by atoms with Crippen molar-refractivity contribution >= 4 is 23.2 Å². The lowest BCUT2D eigenvalue weighted by Gasteiger charge is -2.30. The third-order valence-corrected chi connectivity index (χ3v) is 3.57. The highest BCUT2D eigenvalue weighted by Gasteiger charge is 2.22. The number of amides is 2. The molecule has 9 heteroatoms. The molecule has 9 nitrogen and oxygen atoms in total. The van der Waals surface area contributed by atoms with Gasteiger partial charge in [0.1, 0.15) is 0 Å². The number of morpholine rings is 1. The highest BCUT2D eigenvalue weighted by molar-refractivity contribution is 6.02. The summed E-state index contributed by atoms with van der Waals surface area (Å²) in [6.45, 7) is 4.29. The van der Waals surface area contributed by atoms with Gasteiger partial charge in [0.2, 0.25) is 5.91 Å². The topological polar surface area (TPSA) is 114 Å². The van der Waals surface area contributed by atoms with E-state index in [0.29, 0.717) is 38.5 Å². The molecule has 0 bridgehead atoms. The van der Waals surface area contributed by atoms with E-state index < -0.39 is 10.8 Å². The summed E-state index contributed by atoms with van der Waals surface area (Å²) in [5, 5.41) is 16.1. The molecule has 1 heterocycles. The molecule has 1 saturated heterocycles. The summed E-state index contributed by atoms with van der Waals surface area (Å²) in [7, 11) is 0. The molecular formula is C15H20N4O5. The van der Waals surface area contributed by atoms with E-state index in [2.05, 4.69) is 10.6 Å². The molecule has 0 aliphatic carbocycles. The van der Waals surface area contributed by atoms with Crippen LogP contribution in [-0.2, 0) is 9.53 Å². The quantitative estimate of drug-likeness (QED) is 0.570. The molecule has 24 heavy (non-hydrogen) atoms. The van der Waals surface area contributed by atoms with Gasteiger partial charge in [-0.05, 0) is 13.0 Å². The number of rotatable bonds is 6. The predicted molar refractivity (Wildman–Crippen MR) is 87.1 cm³/mol. The van der Waals surface area contributed by atoms with Crippen molar-refractivity contribution in [1.29, 1.82) is 0 Å². The molecule has 0 unspecified atom stereocenters. The monoisotopic (exact) mass is 336 g/mol. The number of ether oxygens (including phenoxy) is 1. The van der Waals surface area contributed by atoms with Crippen molar-refractivity contribution in [2.75, 3.05) is 44.3 Å². The summed E-state index contributed by atoms with van der Waals surface area (Å²) >= 11 is 0. The number of nitrogens with one attached hydrogen (secondary N) is 2. The normalized spacial score (nSPS) is 14.1. The maximum absolute atomic E-state index is 12.4. The van der Waals surface area contributed by atoms with Crippen LogP contribution in [0.5, 0.6) is 0 Å². The maximum atomic E-state index is 12.4. The first-order valence-corrected chi connectivity index (χ1v) is 7.69. The van der Waals surface area contributed by atoms with Gasteiger partial charge in [0, 0.05) is 31.8 Å². The third kappa shape index (κ3) is 4.42. The van der Waals surface area contributed by atoms with E-state index in [1.165, 1.54) is 12.1 Å². The minimum absolute atomic E-state index is 0.171. The average molecular weight is 336 g/mol. The second-order valence-electron chi connectivity index (χ2n) is 5.19. The molecule has 1 aromatic rings. The first-order chi connectivity index (χ1) is 11.5. The second kappa shape index (κ2) is 8.25. The van der Waals surface area contributed by atoms with Crippen LogP contribution >= 0.6 is 0 Å². The number of carbonyl (C=O) groups is 2. The van der Waals surface area contributed by atoms with E-state index in [9.17, 15) is 19.7 Å². The van der Waals surface area contributed by atoms with Crippen LogP contribution in [0.2, 0.25) is 0 Å². The van der Waals surface area contributed by atoms with E-state index in [-0.39, 0.29) is 23.7 Å². The number of nitro groups is 1. The lowest BCUT2D eigenvalue weighted by molar-refractivity contribution is -0.384. The maximum Gasteiger partial charge on any atom is 0.270 e. The van der Waals surface area contributed by atoms with Gasteiger partial charge in [0.15, 0.2) is 0 Å². The summed E-state index contributed by atoms with van der Waals surface area (Å²) in [6.07, 6.45) is 0. The van der Waals surface area contributed by atoms with Crippen molar-refractivity contribution < 1.29 is 19.2 Å². The number of hydrogen-bond donors (Lipinski definition) is 2. The molecule has 0 aromatic heterocycles. The second-order valence-corrected chi connectivity index (χ2v) is 5.19. The summed E-state index contributed by atoms with van der Waals surface area (Å²) in [5.74, 6) is -0.837. The Morgan fingerprint density at radius 2 is 2.00 bits per heavy atom. The van der Waals surface area contributed by atoms with Gasteiger partial charge in [-0.25, -0.2) is 0 Å². The van der Waals surface area contributed by atoms with Crippen molar-refractivity contribution in [2.24, 2.45) is 0 Å². The number of likely N-dealkylation sites (N-methyl/N-ethyl adjacent to an activating group) is 1. The summed E-state index contributed by atoms with van der Waals surface area (Å²) in [6, 6.07) is 4.16. The summed E-state index contributed by atoms with van der Waals surface area (Å²) in [4.78, 5) is 36.3. The van der Waals surface area contributed by atoms with Crippen LogP contribution in [0.15, 0.2) is 18.2 Å². The van der Waals surface area contributed by atoms with Crippen LogP contribution in [0.3, 0.4) is 0 Å². The zero-order chi connectivity index (χ0) is 17.5. The van der Waals surface area contributed by atoms with Gasteiger partial charge >= 0.3 is 0 Å². The van der Waals surface area contributed by atoms with Gasteiger partial charge < -0.3 is 20.3 Å². The van der Waals surface area contributed by atoms with Crippen molar-refractivity contribution in [2.45, 2.75) is 6.92 Å². The Morgan fingerprint density at radius 1 is 1.29 bits per heavy atom. The summed E-state index contributed by atoms with van der Waals surface area (Å²) in [5.41, 5.74) is 0.600.